The van der Waals surface area contributed by atoms with Crippen LogP contribution in [0.1, 0.15) is 68.9 Å². The summed E-state index contributed by atoms with van der Waals surface area (Å²) in [5.74, 6) is -2.24. The van der Waals surface area contributed by atoms with Gasteiger partial charge in [-0.15, -0.1) is 0 Å². The third kappa shape index (κ3) is 7.70. The number of hydrogen-bond donors (Lipinski definition) is 2. The van der Waals surface area contributed by atoms with Crippen molar-refractivity contribution in [2.45, 2.75) is 49.5 Å². The van der Waals surface area contributed by atoms with E-state index in [-0.39, 0.29) is 34.7 Å². The van der Waals surface area contributed by atoms with E-state index < -0.39 is 27.7 Å². The van der Waals surface area contributed by atoms with Crippen LogP contribution < -0.4 is 10.0 Å². The van der Waals surface area contributed by atoms with Gasteiger partial charge >= 0.3 is 5.97 Å². The molecular weight excluding hydrogens is 525 g/mol. The third-order valence-electron chi connectivity index (χ3n) is 6.33. The van der Waals surface area contributed by atoms with Crippen molar-refractivity contribution < 1.29 is 31.9 Å². The Bertz CT molecular complexity index is 1420. The van der Waals surface area contributed by atoms with E-state index in [4.69, 9.17) is 4.74 Å². The highest BCUT2D eigenvalue weighted by atomic mass is 32.2. The fourth-order valence-corrected chi connectivity index (χ4v) is 5.12. The molecule has 1 heterocycles. The molecule has 1 aliphatic rings. The molecular formula is C28H28FN3O6S. The number of hydrogen-bond acceptors (Lipinski definition) is 7. The lowest BCUT2D eigenvalue weighted by atomic mass is 9.98. The molecule has 1 saturated carbocycles. The molecule has 0 saturated heterocycles. The van der Waals surface area contributed by atoms with E-state index >= 15 is 0 Å². The first-order valence-corrected chi connectivity index (χ1v) is 14.1. The van der Waals surface area contributed by atoms with Crippen molar-refractivity contribution in [3.8, 4) is 0 Å². The van der Waals surface area contributed by atoms with E-state index in [0.717, 1.165) is 43.9 Å². The minimum Gasteiger partial charge on any atom is -0.458 e. The quantitative estimate of drug-likeness (QED) is 0.385. The molecule has 0 bridgehead atoms. The van der Waals surface area contributed by atoms with Crippen molar-refractivity contribution in [3.05, 3.63) is 95.1 Å². The smallest absolute Gasteiger partial charge is 0.357 e. The lowest BCUT2D eigenvalue weighted by Gasteiger charge is -2.21. The first kappa shape index (κ1) is 27.9. The van der Waals surface area contributed by atoms with Crippen molar-refractivity contribution in [2.24, 2.45) is 0 Å². The van der Waals surface area contributed by atoms with Crippen LogP contribution in [0.3, 0.4) is 0 Å². The van der Waals surface area contributed by atoms with Crippen LogP contribution in [-0.2, 0) is 21.2 Å². The minimum atomic E-state index is -4.16. The highest BCUT2D eigenvalue weighted by molar-refractivity contribution is 7.90. The summed E-state index contributed by atoms with van der Waals surface area (Å²) in [7, 11) is -4.16. The van der Waals surface area contributed by atoms with E-state index in [0.29, 0.717) is 12.0 Å². The number of esters is 1. The van der Waals surface area contributed by atoms with E-state index in [1.807, 2.05) is 4.72 Å². The average Bonchev–Trinajstić information content (AvgIpc) is 2.94. The molecule has 9 nitrogen and oxygen atoms in total. The zero-order chi connectivity index (χ0) is 27.8. The number of amides is 2. The Hall–Kier alpha value is -4.12. The van der Waals surface area contributed by atoms with Crippen molar-refractivity contribution in [3.63, 3.8) is 0 Å². The number of aromatic nitrogens is 1. The van der Waals surface area contributed by atoms with Gasteiger partial charge in [0, 0.05) is 18.3 Å². The Morgan fingerprint density at radius 1 is 0.872 bits per heavy atom. The summed E-state index contributed by atoms with van der Waals surface area (Å²) in [6.07, 6.45) is 6.22. The predicted octanol–water partition coefficient (Wildman–Crippen LogP) is 3.80. The molecule has 3 aromatic rings. The van der Waals surface area contributed by atoms with Gasteiger partial charge in [0.1, 0.15) is 17.6 Å². The largest absolute Gasteiger partial charge is 0.458 e. The average molecular weight is 554 g/mol. The van der Waals surface area contributed by atoms with Crippen LogP contribution in [-0.4, -0.2) is 43.8 Å². The van der Waals surface area contributed by atoms with Gasteiger partial charge in [0.25, 0.3) is 21.8 Å². The van der Waals surface area contributed by atoms with Crippen LogP contribution in [0.5, 0.6) is 0 Å². The number of nitrogens with zero attached hydrogens (tertiary/aromatic N) is 1. The Labute approximate surface area is 225 Å². The predicted molar refractivity (Wildman–Crippen MR) is 140 cm³/mol. The zero-order valence-corrected chi connectivity index (χ0v) is 21.9. The second-order valence-electron chi connectivity index (χ2n) is 9.19. The van der Waals surface area contributed by atoms with Crippen LogP contribution in [0.25, 0.3) is 0 Å². The Morgan fingerprint density at radius 3 is 2.18 bits per heavy atom. The summed E-state index contributed by atoms with van der Waals surface area (Å²) in [6.45, 7) is 0.288. The number of pyridine rings is 1. The molecule has 2 N–H and O–H groups in total. The first-order chi connectivity index (χ1) is 18.7. The van der Waals surface area contributed by atoms with Crippen LogP contribution in [0.4, 0.5) is 4.39 Å². The maximum Gasteiger partial charge on any atom is 0.357 e. The molecule has 2 aromatic carbocycles. The zero-order valence-electron chi connectivity index (χ0n) is 21.1. The van der Waals surface area contributed by atoms with Crippen molar-refractivity contribution in [1.29, 1.82) is 0 Å². The second kappa shape index (κ2) is 12.6. The fourth-order valence-electron chi connectivity index (χ4n) is 4.14. The maximum atomic E-state index is 13.0. The van der Waals surface area contributed by atoms with Crippen LogP contribution >= 0.6 is 0 Å². The van der Waals surface area contributed by atoms with Gasteiger partial charge < -0.3 is 10.1 Å². The van der Waals surface area contributed by atoms with Gasteiger partial charge in [-0.25, -0.2) is 27.3 Å². The normalized spacial score (nSPS) is 13.9. The molecule has 0 radical (unpaired) electrons. The number of halogens is 1. The van der Waals surface area contributed by atoms with Crippen molar-refractivity contribution in [2.75, 3.05) is 6.54 Å². The lowest BCUT2D eigenvalue weighted by Crippen LogP contribution is -2.30. The lowest BCUT2D eigenvalue weighted by molar-refractivity contribution is 0.0204. The standard InChI is InChI=1S/C28H28FN3O6S/c29-22-11-8-20(9-12-22)26(33)30-17-16-19-6-13-24(14-7-19)39(36,37)32-27(34)21-10-15-25(31-18-21)28(35)38-23-4-2-1-3-5-23/h6-15,18,23H,1-5,16-17H2,(H,30,33)(H,32,34). The second-order valence-corrected chi connectivity index (χ2v) is 10.9. The van der Waals surface area contributed by atoms with Crippen LogP contribution in [0.15, 0.2) is 71.8 Å². The van der Waals surface area contributed by atoms with Gasteiger partial charge in [0.05, 0.1) is 10.5 Å². The van der Waals surface area contributed by atoms with Gasteiger partial charge in [-0.05, 0) is 86.2 Å². The van der Waals surface area contributed by atoms with Crippen LogP contribution in [0.2, 0.25) is 0 Å². The highest BCUT2D eigenvalue weighted by Gasteiger charge is 2.22. The number of ether oxygens (including phenoxy) is 1. The van der Waals surface area contributed by atoms with Gasteiger partial charge in [-0.1, -0.05) is 18.6 Å². The molecule has 204 valence electrons. The van der Waals surface area contributed by atoms with E-state index in [1.165, 1.54) is 48.5 Å². The van der Waals surface area contributed by atoms with Crippen molar-refractivity contribution >= 4 is 27.8 Å². The SMILES string of the molecule is O=C(NCCc1ccc(S(=O)(=O)NC(=O)c2ccc(C(=O)OC3CCCCC3)nc2)cc1)c1ccc(F)cc1. The summed E-state index contributed by atoms with van der Waals surface area (Å²) < 4.78 is 45.8. The number of carbonyl (C=O) groups excluding carboxylic acids is 3. The molecule has 39 heavy (non-hydrogen) atoms. The number of carbonyl (C=O) groups is 3. The molecule has 1 aliphatic carbocycles. The maximum absolute atomic E-state index is 13.0. The minimum absolute atomic E-state index is 0.0266. The molecule has 1 fully saturated rings. The third-order valence-corrected chi connectivity index (χ3v) is 7.67. The molecule has 1 aromatic heterocycles. The Kier molecular flexibility index (Phi) is 9.03. The number of benzene rings is 2. The monoisotopic (exact) mass is 553 g/mol. The van der Waals surface area contributed by atoms with Crippen LogP contribution in [0, 0.1) is 5.82 Å². The molecule has 11 heteroatoms. The molecule has 0 spiro atoms. The summed E-state index contributed by atoms with van der Waals surface area (Å²) >= 11 is 0. The van der Waals surface area contributed by atoms with E-state index in [2.05, 4.69) is 10.3 Å². The molecule has 2 amide bonds. The van der Waals surface area contributed by atoms with E-state index in [1.54, 1.807) is 12.1 Å². The summed E-state index contributed by atoms with van der Waals surface area (Å²) in [5, 5.41) is 2.72. The Balaban J connectivity index is 1.28. The van der Waals surface area contributed by atoms with Crippen molar-refractivity contribution in [1.82, 2.24) is 15.0 Å². The van der Waals surface area contributed by atoms with E-state index in [9.17, 15) is 27.2 Å². The van der Waals surface area contributed by atoms with Gasteiger partial charge in [0.15, 0.2) is 0 Å². The number of rotatable bonds is 9. The first-order valence-electron chi connectivity index (χ1n) is 12.6. The highest BCUT2D eigenvalue weighted by Crippen LogP contribution is 2.21. The van der Waals surface area contributed by atoms with Gasteiger partial charge in [-0.2, -0.15) is 0 Å². The fraction of sp³-hybridized carbons (Fsp3) is 0.286. The Morgan fingerprint density at radius 2 is 1.54 bits per heavy atom. The topological polar surface area (TPSA) is 132 Å². The molecule has 0 atom stereocenters. The molecule has 4 rings (SSSR count). The molecule has 0 aliphatic heterocycles. The van der Waals surface area contributed by atoms with Gasteiger partial charge in [0.2, 0.25) is 0 Å². The number of sulfonamides is 1. The number of nitrogens with one attached hydrogen (secondary N) is 2. The summed E-state index contributed by atoms with van der Waals surface area (Å²) in [6, 6.07) is 13.7. The summed E-state index contributed by atoms with van der Waals surface area (Å²) in [5.41, 5.74) is 1.11. The summed E-state index contributed by atoms with van der Waals surface area (Å²) in [4.78, 5) is 40.8. The van der Waals surface area contributed by atoms with Gasteiger partial charge in [-0.3, -0.25) is 9.59 Å². The molecule has 0 unspecified atom stereocenters.